The molecule has 3 aromatic rings. The molecular formula is C27H24BBrF2N2O2S. The van der Waals surface area contributed by atoms with Crippen LogP contribution in [0.25, 0.3) is 16.8 Å². The molecule has 0 saturated heterocycles. The lowest BCUT2D eigenvalue weighted by Crippen LogP contribution is -2.51. The summed E-state index contributed by atoms with van der Waals surface area (Å²) >= 11 is 4.94. The molecule has 36 heavy (non-hydrogen) atoms. The molecular weight excluding hydrogens is 545 g/mol. The van der Waals surface area contributed by atoms with Gasteiger partial charge in [-0.05, 0) is 53.9 Å². The first kappa shape index (κ1) is 24.8. The first-order valence-electron chi connectivity index (χ1n) is 11.8. The molecule has 1 aromatic heterocycles. The first-order chi connectivity index (χ1) is 17.4. The predicted molar refractivity (Wildman–Crippen MR) is 147 cm³/mol. The second kappa shape index (κ2) is 9.86. The number of carbonyl (C=O) groups excluding carboxylic acids is 1. The van der Waals surface area contributed by atoms with E-state index in [0.29, 0.717) is 33.3 Å². The van der Waals surface area contributed by atoms with Gasteiger partial charge in [-0.3, -0.25) is 0 Å². The highest BCUT2D eigenvalue weighted by Gasteiger charge is 2.54. The van der Waals surface area contributed by atoms with Gasteiger partial charge < -0.3 is 22.3 Å². The summed E-state index contributed by atoms with van der Waals surface area (Å²) in [6.45, 7) is -2.08. The summed E-state index contributed by atoms with van der Waals surface area (Å²) in [6.07, 6.45) is 5.58. The quantitative estimate of drug-likeness (QED) is 0.179. The Morgan fingerprint density at radius 2 is 1.67 bits per heavy atom. The van der Waals surface area contributed by atoms with Gasteiger partial charge in [0.1, 0.15) is 0 Å². The topological polar surface area (TPSA) is 34.2 Å². The van der Waals surface area contributed by atoms with Gasteiger partial charge in [-0.1, -0.05) is 65.3 Å². The number of halogens is 3. The van der Waals surface area contributed by atoms with E-state index in [1.54, 1.807) is 42.5 Å². The number of benzene rings is 2. The number of esters is 1. The number of allylic oxidation sites excluding steroid dienone is 1. The molecule has 2 aromatic carbocycles. The molecule has 9 heteroatoms. The van der Waals surface area contributed by atoms with Gasteiger partial charge >= 0.3 is 12.9 Å². The Morgan fingerprint density at radius 1 is 1.00 bits per heavy atom. The third-order valence-corrected chi connectivity index (χ3v) is 8.06. The zero-order chi connectivity index (χ0) is 25.4. The highest BCUT2D eigenvalue weighted by molar-refractivity contribution is 9.10. The third kappa shape index (κ3) is 4.18. The van der Waals surface area contributed by atoms with Crippen molar-refractivity contribution in [2.45, 2.75) is 19.8 Å². The number of aromatic nitrogens is 1. The highest BCUT2D eigenvalue weighted by atomic mass is 79.9. The minimum absolute atomic E-state index is 0.369. The lowest BCUT2D eigenvalue weighted by molar-refractivity contribution is -0.358. The summed E-state index contributed by atoms with van der Waals surface area (Å²) in [5, 5.41) is 0.560. The Labute approximate surface area is 221 Å². The molecule has 0 radical (unpaired) electrons. The van der Waals surface area contributed by atoms with Crippen LogP contribution in [-0.4, -0.2) is 39.8 Å². The molecule has 0 spiro atoms. The van der Waals surface area contributed by atoms with Gasteiger partial charge in [0, 0.05) is 33.8 Å². The van der Waals surface area contributed by atoms with E-state index in [9.17, 15) is 4.79 Å². The largest absolute Gasteiger partial charge is 0.738 e. The summed E-state index contributed by atoms with van der Waals surface area (Å²) in [4.78, 5) is 11.9. The monoisotopic (exact) mass is 568 g/mol. The van der Waals surface area contributed by atoms with E-state index in [1.165, 1.54) is 27.8 Å². The smallest absolute Gasteiger partial charge is 0.465 e. The van der Waals surface area contributed by atoms with Crippen molar-refractivity contribution in [3.05, 3.63) is 99.8 Å². The number of thioether (sulfide) groups is 1. The Bertz CT molecular complexity index is 1430. The second-order valence-electron chi connectivity index (χ2n) is 8.64. The van der Waals surface area contributed by atoms with E-state index in [4.69, 9.17) is 4.74 Å². The second-order valence-corrected chi connectivity index (χ2v) is 10.7. The van der Waals surface area contributed by atoms with Gasteiger partial charge in [-0.2, -0.15) is 0 Å². The minimum atomic E-state index is -4.17. The molecule has 2 aliphatic heterocycles. The fourth-order valence-electron chi connectivity index (χ4n) is 4.67. The summed E-state index contributed by atoms with van der Waals surface area (Å²) in [5.74, 6) is 0.310. The number of hydrogen-bond donors (Lipinski definition) is 0. The van der Waals surface area contributed by atoms with Crippen LogP contribution in [0.1, 0.15) is 41.4 Å². The molecule has 4 nitrogen and oxygen atoms in total. The molecule has 0 amide bonds. The van der Waals surface area contributed by atoms with Crippen LogP contribution in [0.4, 0.5) is 8.63 Å². The molecule has 0 bridgehead atoms. The van der Waals surface area contributed by atoms with Crippen molar-refractivity contribution in [1.29, 1.82) is 0 Å². The van der Waals surface area contributed by atoms with E-state index in [-0.39, 0.29) is 0 Å². The van der Waals surface area contributed by atoms with Crippen molar-refractivity contribution in [3.8, 4) is 11.3 Å². The number of unbranched alkanes of at least 4 members (excludes halogenated alkanes) is 1. The number of ether oxygens (including phenoxy) is 1. The molecule has 184 valence electrons. The van der Waals surface area contributed by atoms with Crippen LogP contribution >= 0.6 is 27.7 Å². The average molecular weight is 569 g/mol. The van der Waals surface area contributed by atoms with Crippen LogP contribution in [0, 0.1) is 0 Å². The zero-order valence-corrected chi connectivity index (χ0v) is 22.3. The Kier molecular flexibility index (Phi) is 6.79. The maximum absolute atomic E-state index is 16.5. The maximum Gasteiger partial charge on any atom is 0.738 e. The number of methoxy groups -OCH3 is 1. The van der Waals surface area contributed by atoms with E-state index in [0.717, 1.165) is 34.2 Å². The van der Waals surface area contributed by atoms with Gasteiger partial charge in [0.2, 0.25) is 0 Å². The van der Waals surface area contributed by atoms with Crippen LogP contribution in [0.3, 0.4) is 0 Å². The standard InChI is InChI=1S/C27H24BBrF2N2O2S/c1-3-4-17-36-25-16-15-24-26(19-9-11-21(29)12-10-19)23-14-13-22(32(23)28(30,31)33(24)25)18-5-7-20(8-6-18)27(34)35-2/h5-16H,3-4,17H2,1-2H3. The van der Waals surface area contributed by atoms with Crippen molar-refractivity contribution >= 4 is 51.2 Å². The van der Waals surface area contributed by atoms with E-state index in [1.807, 2.05) is 30.3 Å². The van der Waals surface area contributed by atoms with Gasteiger partial charge in [0.05, 0.1) is 18.2 Å². The van der Waals surface area contributed by atoms with Crippen LogP contribution in [0.5, 0.6) is 0 Å². The van der Waals surface area contributed by atoms with Crippen molar-refractivity contribution in [3.63, 3.8) is 0 Å². The fraction of sp³-hybridized carbons (Fsp3) is 0.185. The van der Waals surface area contributed by atoms with Crippen molar-refractivity contribution in [2.24, 2.45) is 0 Å². The lowest BCUT2D eigenvalue weighted by Gasteiger charge is -2.33. The molecule has 0 fully saturated rings. The molecule has 0 aliphatic carbocycles. The summed E-state index contributed by atoms with van der Waals surface area (Å²) in [6, 6.07) is 17.8. The van der Waals surface area contributed by atoms with Crippen LogP contribution in [-0.2, 0) is 4.74 Å². The van der Waals surface area contributed by atoms with Crippen molar-refractivity contribution in [2.75, 3.05) is 12.9 Å². The van der Waals surface area contributed by atoms with E-state index >= 15 is 8.63 Å². The Hall–Kier alpha value is -2.91. The Balaban J connectivity index is 1.71. The highest BCUT2D eigenvalue weighted by Crippen LogP contribution is 2.43. The Morgan fingerprint density at radius 3 is 2.33 bits per heavy atom. The molecule has 5 rings (SSSR count). The number of hydrogen-bond acceptors (Lipinski definition) is 3. The average Bonchev–Trinajstić information content (AvgIpc) is 3.51. The van der Waals surface area contributed by atoms with E-state index < -0.39 is 12.9 Å². The summed E-state index contributed by atoms with van der Waals surface area (Å²) < 4.78 is 41.0. The number of rotatable bonds is 6. The number of carbonyl (C=O) groups is 1. The van der Waals surface area contributed by atoms with Crippen molar-refractivity contribution < 1.29 is 22.6 Å². The minimum Gasteiger partial charge on any atom is -0.465 e. The summed E-state index contributed by atoms with van der Waals surface area (Å²) in [7, 11) is 1.31. The molecule has 0 saturated carbocycles. The molecule has 0 unspecified atom stereocenters. The summed E-state index contributed by atoms with van der Waals surface area (Å²) in [5.41, 5.74) is 3.96. The van der Waals surface area contributed by atoms with Crippen LogP contribution in [0.15, 0.2) is 83.0 Å². The molecule has 2 aliphatic rings. The number of fused-ring (bicyclic) bond motifs is 2. The normalized spacial score (nSPS) is 15.8. The maximum atomic E-state index is 16.5. The van der Waals surface area contributed by atoms with Crippen molar-refractivity contribution in [1.82, 2.24) is 4.48 Å². The SMILES string of the molecule is CCCCSC1=[N+]2C(=C(c3ccc(Br)cc3)c3ccc(-c4ccc(C(=O)OC)cc4)n3[B-]2(F)F)C=C1. The third-order valence-electron chi connectivity index (χ3n) is 6.41. The van der Waals surface area contributed by atoms with Gasteiger partial charge in [-0.25, -0.2) is 4.79 Å². The predicted octanol–water partition coefficient (Wildman–Crippen LogP) is 7.21. The van der Waals surface area contributed by atoms with Gasteiger partial charge in [0.25, 0.3) is 0 Å². The van der Waals surface area contributed by atoms with Gasteiger partial charge in [0.15, 0.2) is 10.7 Å². The van der Waals surface area contributed by atoms with Gasteiger partial charge in [-0.15, -0.1) is 0 Å². The van der Waals surface area contributed by atoms with E-state index in [2.05, 4.69) is 22.9 Å². The van der Waals surface area contributed by atoms with Crippen LogP contribution < -0.4 is 0 Å². The zero-order valence-electron chi connectivity index (χ0n) is 19.9. The number of nitrogens with zero attached hydrogens (tertiary/aromatic N) is 2. The lowest BCUT2D eigenvalue weighted by atomic mass is 9.85. The first-order valence-corrected chi connectivity index (χ1v) is 13.5. The molecule has 0 N–H and O–H groups in total. The molecule has 0 atom stereocenters. The molecule has 3 heterocycles. The van der Waals surface area contributed by atoms with Crippen LogP contribution in [0.2, 0.25) is 0 Å². The fourth-order valence-corrected chi connectivity index (χ4v) is 6.10.